The zero-order valence-corrected chi connectivity index (χ0v) is 12.3. The molecule has 4 heteroatoms. The van der Waals surface area contributed by atoms with Crippen molar-refractivity contribution in [1.29, 1.82) is 0 Å². The molecule has 1 aromatic heterocycles. The van der Waals surface area contributed by atoms with Crippen molar-refractivity contribution in [3.05, 3.63) is 22.4 Å². The molecule has 2 aliphatic rings. The fourth-order valence-electron chi connectivity index (χ4n) is 3.60. The average Bonchev–Trinajstić information content (AvgIpc) is 2.77. The number of carbonyl (C=O) groups is 1. The van der Waals surface area contributed by atoms with Crippen LogP contribution in [0.4, 0.5) is 0 Å². The first-order valence-corrected chi connectivity index (χ1v) is 7.89. The maximum absolute atomic E-state index is 12.2. The summed E-state index contributed by atoms with van der Waals surface area (Å²) in [4.78, 5) is 13.3. The van der Waals surface area contributed by atoms with E-state index in [0.29, 0.717) is 5.92 Å². The van der Waals surface area contributed by atoms with Crippen molar-refractivity contribution >= 4 is 23.0 Å². The minimum Gasteiger partial charge on any atom is -0.273 e. The Kier molecular flexibility index (Phi) is 3.21. The highest BCUT2D eigenvalue weighted by atomic mass is 32.1. The molecule has 2 fully saturated rings. The van der Waals surface area contributed by atoms with Gasteiger partial charge in [0.1, 0.15) is 0 Å². The lowest BCUT2D eigenvalue weighted by Gasteiger charge is -2.15. The van der Waals surface area contributed by atoms with Gasteiger partial charge in [0, 0.05) is 10.8 Å². The van der Waals surface area contributed by atoms with Crippen molar-refractivity contribution in [3.8, 4) is 0 Å². The van der Waals surface area contributed by atoms with Gasteiger partial charge in [-0.3, -0.25) is 4.79 Å². The van der Waals surface area contributed by atoms with Crippen LogP contribution in [0.5, 0.6) is 0 Å². The van der Waals surface area contributed by atoms with Crippen LogP contribution in [0.2, 0.25) is 0 Å². The van der Waals surface area contributed by atoms with Crippen LogP contribution >= 0.6 is 11.3 Å². The van der Waals surface area contributed by atoms with Gasteiger partial charge in [0.2, 0.25) is 5.91 Å². The lowest BCUT2D eigenvalue weighted by Crippen LogP contribution is -2.23. The van der Waals surface area contributed by atoms with Crippen LogP contribution in [0.25, 0.3) is 0 Å². The van der Waals surface area contributed by atoms with Gasteiger partial charge in [-0.2, -0.15) is 5.10 Å². The van der Waals surface area contributed by atoms with E-state index in [1.807, 2.05) is 24.4 Å². The number of thiophene rings is 1. The predicted molar refractivity (Wildman–Crippen MR) is 78.2 cm³/mol. The fraction of sp³-hybridized carbons (Fsp3) is 0.600. The van der Waals surface area contributed by atoms with Gasteiger partial charge < -0.3 is 0 Å². The van der Waals surface area contributed by atoms with Crippen molar-refractivity contribution in [3.63, 3.8) is 0 Å². The minimum atomic E-state index is 0.116. The molecule has 19 heavy (non-hydrogen) atoms. The summed E-state index contributed by atoms with van der Waals surface area (Å²) in [5, 5.41) is 6.26. The van der Waals surface area contributed by atoms with Crippen molar-refractivity contribution < 1.29 is 4.79 Å². The first-order valence-electron chi connectivity index (χ1n) is 7.01. The third-order valence-electron chi connectivity index (χ3n) is 4.83. The third-order valence-corrected chi connectivity index (χ3v) is 5.80. The summed E-state index contributed by atoms with van der Waals surface area (Å²) in [5.41, 5.74) is 3.91. The smallest absolute Gasteiger partial charge is 0.244 e. The Morgan fingerprint density at radius 1 is 1.53 bits per heavy atom. The summed E-state index contributed by atoms with van der Waals surface area (Å²) in [7, 11) is 0. The van der Waals surface area contributed by atoms with Crippen LogP contribution in [0.1, 0.15) is 44.4 Å². The van der Waals surface area contributed by atoms with E-state index >= 15 is 0 Å². The zero-order chi connectivity index (χ0) is 13.5. The van der Waals surface area contributed by atoms with E-state index < -0.39 is 0 Å². The van der Waals surface area contributed by atoms with Crippen molar-refractivity contribution in [2.45, 2.75) is 39.5 Å². The summed E-state index contributed by atoms with van der Waals surface area (Å²) < 4.78 is 0. The fourth-order valence-corrected chi connectivity index (χ4v) is 4.28. The van der Waals surface area contributed by atoms with Crippen molar-refractivity contribution in [2.75, 3.05) is 0 Å². The van der Waals surface area contributed by atoms with Gasteiger partial charge >= 0.3 is 0 Å². The number of nitrogens with zero attached hydrogens (tertiary/aromatic N) is 1. The molecular weight excluding hydrogens is 256 g/mol. The largest absolute Gasteiger partial charge is 0.273 e. The summed E-state index contributed by atoms with van der Waals surface area (Å²) in [5.74, 6) is 0.902. The highest BCUT2D eigenvalue weighted by Gasteiger charge is 2.64. The first-order chi connectivity index (χ1) is 9.13. The molecule has 2 aliphatic carbocycles. The molecule has 1 heterocycles. The van der Waals surface area contributed by atoms with E-state index in [1.165, 1.54) is 25.7 Å². The van der Waals surface area contributed by atoms with Gasteiger partial charge in [-0.25, -0.2) is 5.43 Å². The molecule has 0 unspecified atom stereocenters. The Hall–Kier alpha value is -1.16. The molecule has 102 valence electrons. The van der Waals surface area contributed by atoms with Gasteiger partial charge in [-0.05, 0) is 42.5 Å². The van der Waals surface area contributed by atoms with E-state index in [1.54, 1.807) is 11.3 Å². The van der Waals surface area contributed by atoms with Gasteiger partial charge in [0.25, 0.3) is 0 Å². The second-order valence-electron chi connectivity index (χ2n) is 5.99. The van der Waals surface area contributed by atoms with Crippen molar-refractivity contribution in [1.82, 2.24) is 5.43 Å². The Morgan fingerprint density at radius 3 is 3.00 bits per heavy atom. The Balaban J connectivity index is 1.62. The summed E-state index contributed by atoms with van der Waals surface area (Å²) in [6.45, 7) is 4.20. The molecule has 0 aliphatic heterocycles. The number of nitrogens with one attached hydrogen (secondary N) is 1. The summed E-state index contributed by atoms with van der Waals surface area (Å²) >= 11 is 1.64. The van der Waals surface area contributed by atoms with E-state index in [4.69, 9.17) is 0 Å². The number of hydrogen-bond acceptors (Lipinski definition) is 3. The second kappa shape index (κ2) is 4.75. The molecule has 0 spiro atoms. The van der Waals surface area contributed by atoms with Gasteiger partial charge in [0.15, 0.2) is 0 Å². The van der Waals surface area contributed by atoms with E-state index in [-0.39, 0.29) is 17.2 Å². The molecule has 1 aromatic rings. The van der Waals surface area contributed by atoms with E-state index in [2.05, 4.69) is 17.5 Å². The molecule has 1 N–H and O–H groups in total. The SMILES string of the molecule is C/C(=N/NC(=O)[C@H]1[C@@H]2CCCC[C@@]21C)c1cccs1. The number of hydrogen-bond donors (Lipinski definition) is 1. The number of hydrazone groups is 1. The number of amides is 1. The molecule has 0 saturated heterocycles. The zero-order valence-electron chi connectivity index (χ0n) is 11.5. The van der Waals surface area contributed by atoms with Crippen LogP contribution in [0.3, 0.4) is 0 Å². The van der Waals surface area contributed by atoms with E-state index in [9.17, 15) is 4.79 Å². The lowest BCUT2D eigenvalue weighted by molar-refractivity contribution is -0.123. The molecule has 3 nitrogen and oxygen atoms in total. The maximum atomic E-state index is 12.2. The molecular formula is C15H20N2OS. The molecule has 2 saturated carbocycles. The predicted octanol–water partition coefficient (Wildman–Crippen LogP) is 3.41. The second-order valence-corrected chi connectivity index (χ2v) is 6.93. The lowest BCUT2D eigenvalue weighted by atomic mass is 9.90. The normalized spacial score (nSPS) is 33.7. The van der Waals surface area contributed by atoms with E-state index in [0.717, 1.165) is 10.6 Å². The highest BCUT2D eigenvalue weighted by Crippen LogP contribution is 2.66. The molecule has 0 radical (unpaired) electrons. The Labute approximate surface area is 118 Å². The standard InChI is InChI=1S/C15H20N2OS/c1-10(12-7-5-9-19-12)16-17-14(18)13-11-6-3-4-8-15(11,13)2/h5,7,9,11,13H,3-4,6,8H2,1-2H3,(H,17,18)/b16-10-/t11-,13+,15-/m0/s1. The van der Waals surface area contributed by atoms with Gasteiger partial charge in [-0.15, -0.1) is 11.3 Å². The van der Waals surface area contributed by atoms with Crippen LogP contribution in [-0.4, -0.2) is 11.6 Å². The van der Waals surface area contributed by atoms with Gasteiger partial charge in [0.05, 0.1) is 5.71 Å². The Bertz CT molecular complexity index is 508. The highest BCUT2D eigenvalue weighted by molar-refractivity contribution is 7.12. The minimum absolute atomic E-state index is 0.116. The number of fused-ring (bicyclic) bond motifs is 1. The third kappa shape index (κ3) is 2.22. The molecule has 3 rings (SSSR count). The van der Waals surface area contributed by atoms with Gasteiger partial charge in [-0.1, -0.05) is 25.8 Å². The van der Waals surface area contributed by atoms with Crippen LogP contribution in [0, 0.1) is 17.3 Å². The van der Waals surface area contributed by atoms with Crippen LogP contribution in [0.15, 0.2) is 22.6 Å². The van der Waals surface area contributed by atoms with Crippen LogP contribution < -0.4 is 5.43 Å². The topological polar surface area (TPSA) is 41.5 Å². The molecule has 0 bridgehead atoms. The monoisotopic (exact) mass is 276 g/mol. The molecule has 3 atom stereocenters. The number of rotatable bonds is 3. The molecule has 0 aromatic carbocycles. The summed E-state index contributed by atoms with van der Waals surface area (Å²) in [6.07, 6.45) is 4.96. The van der Waals surface area contributed by atoms with Crippen LogP contribution in [-0.2, 0) is 4.79 Å². The quantitative estimate of drug-likeness (QED) is 0.667. The average molecular weight is 276 g/mol. The maximum Gasteiger partial charge on any atom is 0.244 e. The van der Waals surface area contributed by atoms with Crippen molar-refractivity contribution in [2.24, 2.45) is 22.4 Å². The Morgan fingerprint density at radius 2 is 2.37 bits per heavy atom. The summed E-state index contributed by atoms with van der Waals surface area (Å²) in [6, 6.07) is 4.02. The number of carbonyl (C=O) groups excluding carboxylic acids is 1. The molecule has 1 amide bonds. The first kappa shape index (κ1) is 12.9.